The number of ketones is 1. The van der Waals surface area contributed by atoms with Crippen molar-refractivity contribution in [2.45, 2.75) is 103 Å². The van der Waals surface area contributed by atoms with Gasteiger partial charge in [-0.15, -0.1) is 0 Å². The van der Waals surface area contributed by atoms with E-state index in [-0.39, 0.29) is 23.5 Å². The average molecular weight is 444 g/mol. The molecule has 5 heteroatoms. The van der Waals surface area contributed by atoms with E-state index in [0.717, 1.165) is 50.6 Å². The molecule has 4 aliphatic carbocycles. The molecular weight excluding hydrogens is 402 g/mol. The molecule has 12 atom stereocenters. The van der Waals surface area contributed by atoms with Gasteiger partial charge in [-0.1, -0.05) is 20.8 Å². The van der Waals surface area contributed by atoms with Gasteiger partial charge in [0.25, 0.3) is 0 Å². The number of ether oxygens (including phenoxy) is 1. The summed E-state index contributed by atoms with van der Waals surface area (Å²) in [6.07, 6.45) is 5.54. The third-order valence-corrected chi connectivity index (χ3v) is 11.3. The van der Waals surface area contributed by atoms with E-state index in [1.807, 2.05) is 0 Å². The highest BCUT2D eigenvalue weighted by Crippen LogP contribution is 2.65. The van der Waals surface area contributed by atoms with Crippen LogP contribution in [0.15, 0.2) is 11.1 Å². The van der Waals surface area contributed by atoms with Gasteiger partial charge in [-0.25, -0.2) is 0 Å². The van der Waals surface area contributed by atoms with E-state index in [0.29, 0.717) is 41.9 Å². The van der Waals surface area contributed by atoms with Gasteiger partial charge in [0.05, 0.1) is 23.9 Å². The number of aliphatic hydroxyl groups excluding tert-OH is 2. The van der Waals surface area contributed by atoms with Crippen molar-refractivity contribution in [3.8, 4) is 0 Å². The molecule has 0 radical (unpaired) electrons. The lowest BCUT2D eigenvalue weighted by Crippen LogP contribution is -2.56. The fourth-order valence-corrected chi connectivity index (χ4v) is 9.55. The monoisotopic (exact) mass is 443 g/mol. The highest BCUT2D eigenvalue weighted by atomic mass is 16.5. The smallest absolute Gasteiger partial charge is 0.163 e. The summed E-state index contributed by atoms with van der Waals surface area (Å²) in [5, 5.41) is 25.2. The van der Waals surface area contributed by atoms with E-state index in [1.54, 1.807) is 0 Å². The van der Waals surface area contributed by atoms with Gasteiger partial charge in [0.2, 0.25) is 0 Å². The first kappa shape index (κ1) is 21.8. The SMILES string of the molecule is CC1=C2C(=O)[C@H]3[C@@H](CC[C@H]4C[C@@H](O)C[C@H](O)[C@@]43C)[C@@H]2CC[C@]12O[C@@H]1C[C@H](C)CN[C@H]1[C@H]2C. The second-order valence-corrected chi connectivity index (χ2v) is 12.6. The van der Waals surface area contributed by atoms with Gasteiger partial charge >= 0.3 is 0 Å². The van der Waals surface area contributed by atoms with Crippen LogP contribution in [0.3, 0.4) is 0 Å². The first-order valence-corrected chi connectivity index (χ1v) is 13.2. The van der Waals surface area contributed by atoms with Crippen molar-refractivity contribution in [3.63, 3.8) is 0 Å². The molecule has 3 saturated carbocycles. The number of rotatable bonds is 0. The second-order valence-electron chi connectivity index (χ2n) is 12.6. The molecule has 1 spiro atoms. The molecule has 6 aliphatic rings. The van der Waals surface area contributed by atoms with Crippen LogP contribution in [0.5, 0.6) is 0 Å². The van der Waals surface area contributed by atoms with E-state index >= 15 is 0 Å². The molecule has 0 aromatic carbocycles. The van der Waals surface area contributed by atoms with E-state index in [1.165, 1.54) is 5.57 Å². The normalized spacial score (nSPS) is 57.2. The number of Topliss-reactive ketones (excluding diaryl/α,β-unsaturated/α-hetero) is 1. The van der Waals surface area contributed by atoms with Crippen molar-refractivity contribution in [1.82, 2.24) is 5.32 Å². The van der Waals surface area contributed by atoms with E-state index in [9.17, 15) is 15.0 Å². The molecule has 0 unspecified atom stereocenters. The molecule has 178 valence electrons. The zero-order chi connectivity index (χ0) is 22.6. The predicted octanol–water partition coefficient (Wildman–Crippen LogP) is 3.23. The van der Waals surface area contributed by atoms with Gasteiger partial charge in [0.1, 0.15) is 0 Å². The fraction of sp³-hybridized carbons (Fsp3) is 0.889. The molecule has 2 saturated heterocycles. The second kappa shape index (κ2) is 7.13. The zero-order valence-electron chi connectivity index (χ0n) is 20.1. The summed E-state index contributed by atoms with van der Waals surface area (Å²) in [6, 6.07) is 0.376. The number of piperidine rings is 1. The molecule has 0 aromatic heterocycles. The number of aliphatic hydroxyl groups is 2. The van der Waals surface area contributed by atoms with Crippen LogP contribution in [0.2, 0.25) is 0 Å². The van der Waals surface area contributed by atoms with Crippen molar-refractivity contribution in [2.75, 3.05) is 6.54 Å². The minimum Gasteiger partial charge on any atom is -0.393 e. The maximum absolute atomic E-state index is 14.2. The molecule has 32 heavy (non-hydrogen) atoms. The average Bonchev–Trinajstić information content (AvgIpc) is 3.19. The Hall–Kier alpha value is -0.750. The van der Waals surface area contributed by atoms with Crippen LogP contribution < -0.4 is 5.32 Å². The summed E-state index contributed by atoms with van der Waals surface area (Å²) in [5.74, 6) is 2.07. The summed E-state index contributed by atoms with van der Waals surface area (Å²) < 4.78 is 6.91. The van der Waals surface area contributed by atoms with Crippen molar-refractivity contribution in [1.29, 1.82) is 0 Å². The van der Waals surface area contributed by atoms with Crippen LogP contribution >= 0.6 is 0 Å². The first-order valence-electron chi connectivity index (χ1n) is 13.2. The van der Waals surface area contributed by atoms with Gasteiger partial charge in [0, 0.05) is 28.9 Å². The van der Waals surface area contributed by atoms with Gasteiger partial charge < -0.3 is 20.3 Å². The summed E-state index contributed by atoms with van der Waals surface area (Å²) in [4.78, 5) is 14.2. The van der Waals surface area contributed by atoms with E-state index in [4.69, 9.17) is 4.74 Å². The molecule has 0 bridgehead atoms. The van der Waals surface area contributed by atoms with Crippen LogP contribution in [0.4, 0.5) is 0 Å². The topological polar surface area (TPSA) is 78.8 Å². The zero-order valence-corrected chi connectivity index (χ0v) is 20.1. The van der Waals surface area contributed by atoms with Gasteiger partial charge in [-0.3, -0.25) is 4.79 Å². The van der Waals surface area contributed by atoms with Crippen molar-refractivity contribution in [2.24, 2.45) is 40.9 Å². The van der Waals surface area contributed by atoms with Crippen LogP contribution in [0, 0.1) is 40.9 Å². The summed E-state index contributed by atoms with van der Waals surface area (Å²) in [6.45, 7) is 10.0. The third-order valence-electron chi connectivity index (χ3n) is 11.3. The number of hydrogen-bond donors (Lipinski definition) is 3. The highest BCUT2D eigenvalue weighted by molar-refractivity contribution is 6.02. The van der Waals surface area contributed by atoms with Crippen LogP contribution in [0.1, 0.15) is 72.6 Å². The van der Waals surface area contributed by atoms with Crippen molar-refractivity contribution < 1.29 is 19.7 Å². The maximum Gasteiger partial charge on any atom is 0.163 e. The minimum atomic E-state index is -0.599. The van der Waals surface area contributed by atoms with Crippen LogP contribution in [0.25, 0.3) is 0 Å². The molecular formula is C27H41NO4. The molecule has 5 nitrogen and oxygen atoms in total. The third kappa shape index (κ3) is 2.63. The van der Waals surface area contributed by atoms with Gasteiger partial charge in [-0.05, 0) is 87.7 Å². The van der Waals surface area contributed by atoms with E-state index < -0.39 is 17.6 Å². The Labute approximate surface area is 192 Å². The van der Waals surface area contributed by atoms with Gasteiger partial charge in [-0.2, -0.15) is 0 Å². The highest BCUT2D eigenvalue weighted by Gasteiger charge is 2.66. The Balaban J connectivity index is 1.39. The molecule has 0 amide bonds. The largest absolute Gasteiger partial charge is 0.393 e. The fourth-order valence-electron chi connectivity index (χ4n) is 9.55. The molecule has 2 heterocycles. The lowest BCUT2D eigenvalue weighted by molar-refractivity contribution is -0.160. The number of carbonyl (C=O) groups excluding carboxylic acids is 1. The minimum absolute atomic E-state index is 0.106. The summed E-state index contributed by atoms with van der Waals surface area (Å²) in [5.41, 5.74) is 1.53. The summed E-state index contributed by atoms with van der Waals surface area (Å²) >= 11 is 0. The lowest BCUT2D eigenvalue weighted by Gasteiger charge is -2.55. The molecule has 6 rings (SSSR count). The molecule has 3 N–H and O–H groups in total. The Bertz CT molecular complexity index is 855. The predicted molar refractivity (Wildman–Crippen MR) is 122 cm³/mol. The van der Waals surface area contributed by atoms with Gasteiger partial charge in [0.15, 0.2) is 5.78 Å². The maximum atomic E-state index is 14.2. The van der Waals surface area contributed by atoms with E-state index in [2.05, 4.69) is 33.0 Å². The Morgan fingerprint density at radius 1 is 1.09 bits per heavy atom. The number of allylic oxidation sites excluding steroid dienone is 1. The number of nitrogens with one attached hydrogen (secondary N) is 1. The first-order chi connectivity index (χ1) is 15.2. The Morgan fingerprint density at radius 2 is 1.88 bits per heavy atom. The molecule has 0 aromatic rings. The Kier molecular flexibility index (Phi) is 4.85. The van der Waals surface area contributed by atoms with Crippen molar-refractivity contribution >= 4 is 5.78 Å². The standard InChI is InChI=1S/C27H41NO4/c1-13-9-20-24(28-12-13)15(3)27(32-20)8-7-18-19-6-5-16-10-17(29)11-21(30)26(16,4)23(19)25(31)22(18)14(27)2/h13,15-21,23-24,28-30H,5-12H2,1-4H3/t13-,15+,16-,17+,18-,19-,20+,21-,23+,24-,26+,27-/m0/s1. The lowest BCUT2D eigenvalue weighted by atomic mass is 9.51. The molecule has 5 fully saturated rings. The van der Waals surface area contributed by atoms with Crippen molar-refractivity contribution in [3.05, 3.63) is 11.1 Å². The van der Waals surface area contributed by atoms with Crippen LogP contribution in [-0.4, -0.2) is 52.5 Å². The Morgan fingerprint density at radius 3 is 2.66 bits per heavy atom. The quantitative estimate of drug-likeness (QED) is 0.536. The number of carbonyl (C=O) groups is 1. The molecule has 2 aliphatic heterocycles. The number of hydrogen-bond acceptors (Lipinski definition) is 5. The van der Waals surface area contributed by atoms with Crippen LogP contribution in [-0.2, 0) is 9.53 Å². The number of fused-ring (bicyclic) bond motifs is 6. The summed E-state index contributed by atoms with van der Waals surface area (Å²) in [7, 11) is 0.